The number of piperidine rings is 1. The number of carbonyl (C=O) groups excluding carboxylic acids is 12. The summed E-state index contributed by atoms with van der Waals surface area (Å²) in [4.78, 5) is 202. The lowest BCUT2D eigenvalue weighted by molar-refractivity contribution is -0.146. The summed E-state index contributed by atoms with van der Waals surface area (Å²) in [6, 6.07) is -13.2. The average molecular weight is 1260 g/mol. The molecule has 3 rings (SSSR count). The molecular weight excluding hydrogens is 1170 g/mol. The van der Waals surface area contributed by atoms with Crippen LogP contribution in [0.1, 0.15) is 157 Å². The Labute approximate surface area is 516 Å². The van der Waals surface area contributed by atoms with Crippen molar-refractivity contribution in [2.24, 2.45) is 11.8 Å². The Hall–Kier alpha value is -8.25. The van der Waals surface area contributed by atoms with Crippen molar-refractivity contribution in [2.75, 3.05) is 39.3 Å². The fourth-order valence-electron chi connectivity index (χ4n) is 10.3. The van der Waals surface area contributed by atoms with Crippen molar-refractivity contribution in [3.63, 3.8) is 0 Å². The molecule has 498 valence electrons. The molecule has 14 N–H and O–H groups in total. The van der Waals surface area contributed by atoms with Gasteiger partial charge in [-0.05, 0) is 69.8 Å². The maximum atomic E-state index is 14.8. The molecule has 0 spiro atoms. The number of aliphatic carboxylic acids is 3. The molecule has 0 aromatic rings. The molecule has 0 unspecified atom stereocenters. The standard InChI is InChI=1S/C58H92N12O19/c1-6-34(4)49-58(89)70-25-19-22-41(70)54(85)59-29-39(66-53(84)38(28-48(80)81)63-42(72)23-16-14-12-10-8-7-9-11-13-15-20-33(2)3)57(88)69-24-18-17-21-40(69)55(86)62-31-44(74)65-36(26-46(76)77)51(82)60-30-43(73)64-37(27-47(78)79)52(83)61-32-45(75)67-50(35(5)71)56(87)68-49/h16,23,33-41,49-50,71H,6-15,17-22,24-32H2,1-5H3,(H,59,85)(H,60,82)(H,61,83)(H,62,86)(H,63,72)(H,64,73)(H,65,74)(H,66,84)(H,67,75)(H,68,87)(H,76,77)(H,78,79)(H,80,81)/b23-16+/t34-,35-,36-,37-,38-,39-,40-,41-,49-,50+/m0/s1. The van der Waals surface area contributed by atoms with Crippen LogP contribution in [-0.4, -0.2) is 213 Å². The number of aliphatic hydroxyl groups excluding tert-OH is 1. The lowest BCUT2D eigenvalue weighted by Crippen LogP contribution is -2.63. The van der Waals surface area contributed by atoms with Gasteiger partial charge in [0.25, 0.3) is 0 Å². The van der Waals surface area contributed by atoms with E-state index in [0.29, 0.717) is 25.2 Å². The van der Waals surface area contributed by atoms with Crippen LogP contribution in [0.3, 0.4) is 0 Å². The lowest BCUT2D eigenvalue weighted by atomic mass is 9.96. The largest absolute Gasteiger partial charge is 0.481 e. The number of hydrogen-bond donors (Lipinski definition) is 14. The van der Waals surface area contributed by atoms with E-state index in [2.05, 4.69) is 67.0 Å². The smallest absolute Gasteiger partial charge is 0.305 e. The van der Waals surface area contributed by atoms with E-state index in [1.54, 1.807) is 19.9 Å². The van der Waals surface area contributed by atoms with Crippen molar-refractivity contribution < 1.29 is 92.3 Å². The topological polar surface area (TPSA) is 464 Å². The number of hydrogen-bond acceptors (Lipinski definition) is 16. The number of fused-ring (bicyclic) bond motifs is 2. The Morgan fingerprint density at radius 2 is 1.07 bits per heavy atom. The van der Waals surface area contributed by atoms with E-state index in [-0.39, 0.29) is 38.8 Å². The minimum absolute atomic E-state index is 0.0160. The van der Waals surface area contributed by atoms with Crippen molar-refractivity contribution in [2.45, 2.75) is 211 Å². The zero-order chi connectivity index (χ0) is 66.3. The number of rotatable bonds is 24. The molecule has 0 aromatic carbocycles. The Morgan fingerprint density at radius 3 is 1.60 bits per heavy atom. The number of nitrogens with one attached hydrogen (secondary N) is 10. The van der Waals surface area contributed by atoms with Gasteiger partial charge in [0.05, 0.1) is 45.0 Å². The van der Waals surface area contributed by atoms with E-state index < -0.39 is 195 Å². The molecule has 31 heteroatoms. The highest BCUT2D eigenvalue weighted by Crippen LogP contribution is 2.23. The number of carboxylic acid groups (broad SMARTS) is 3. The molecule has 0 radical (unpaired) electrons. The Morgan fingerprint density at radius 1 is 0.573 bits per heavy atom. The number of carbonyl (C=O) groups is 15. The summed E-state index contributed by atoms with van der Waals surface area (Å²) in [5.41, 5.74) is 0. The molecule has 12 amide bonds. The summed E-state index contributed by atoms with van der Waals surface area (Å²) in [7, 11) is 0. The summed E-state index contributed by atoms with van der Waals surface area (Å²) < 4.78 is 0. The van der Waals surface area contributed by atoms with E-state index in [9.17, 15) is 92.3 Å². The maximum absolute atomic E-state index is 14.8. The fourth-order valence-corrected chi connectivity index (χ4v) is 10.3. The first-order chi connectivity index (χ1) is 42.1. The second-order valence-electron chi connectivity index (χ2n) is 23.1. The molecule has 3 heterocycles. The minimum Gasteiger partial charge on any atom is -0.481 e. The summed E-state index contributed by atoms with van der Waals surface area (Å²) >= 11 is 0. The molecule has 3 saturated heterocycles. The van der Waals surface area contributed by atoms with Gasteiger partial charge in [-0.25, -0.2) is 0 Å². The molecule has 0 saturated carbocycles. The van der Waals surface area contributed by atoms with Gasteiger partial charge in [-0.15, -0.1) is 0 Å². The van der Waals surface area contributed by atoms with Crippen LogP contribution in [0, 0.1) is 11.8 Å². The van der Waals surface area contributed by atoms with Crippen LogP contribution >= 0.6 is 0 Å². The van der Waals surface area contributed by atoms with Crippen LogP contribution in [0.15, 0.2) is 12.2 Å². The van der Waals surface area contributed by atoms with E-state index in [0.717, 1.165) is 43.9 Å². The van der Waals surface area contributed by atoms with Gasteiger partial charge in [-0.3, -0.25) is 71.9 Å². The van der Waals surface area contributed by atoms with Gasteiger partial charge in [0.15, 0.2) is 0 Å². The maximum Gasteiger partial charge on any atom is 0.305 e. The third-order valence-electron chi connectivity index (χ3n) is 15.4. The van der Waals surface area contributed by atoms with Crippen LogP contribution in [0.5, 0.6) is 0 Å². The Balaban J connectivity index is 2.00. The van der Waals surface area contributed by atoms with Crippen molar-refractivity contribution in [3.8, 4) is 0 Å². The monoisotopic (exact) mass is 1260 g/mol. The van der Waals surface area contributed by atoms with Crippen LogP contribution < -0.4 is 53.2 Å². The van der Waals surface area contributed by atoms with Crippen molar-refractivity contribution in [3.05, 3.63) is 12.2 Å². The number of aliphatic hydroxyl groups is 1. The van der Waals surface area contributed by atoms with Gasteiger partial charge in [0.1, 0.15) is 48.3 Å². The summed E-state index contributed by atoms with van der Waals surface area (Å²) in [5, 5.41) is 62.5. The highest BCUT2D eigenvalue weighted by molar-refractivity contribution is 6.00. The third kappa shape index (κ3) is 26.9. The van der Waals surface area contributed by atoms with Crippen molar-refractivity contribution >= 4 is 88.8 Å². The Bertz CT molecular complexity index is 2550. The molecular formula is C58H92N12O19. The molecule has 10 atom stereocenters. The number of amides is 12. The van der Waals surface area contributed by atoms with Crippen molar-refractivity contribution in [1.29, 1.82) is 0 Å². The third-order valence-corrected chi connectivity index (χ3v) is 15.4. The summed E-state index contributed by atoms with van der Waals surface area (Å²) in [6.07, 6.45) is 9.55. The van der Waals surface area contributed by atoms with Crippen LogP contribution in [0.25, 0.3) is 0 Å². The summed E-state index contributed by atoms with van der Waals surface area (Å²) in [5.74, 6) is -17.2. The predicted molar refractivity (Wildman–Crippen MR) is 316 cm³/mol. The molecule has 31 nitrogen and oxygen atoms in total. The highest BCUT2D eigenvalue weighted by atomic mass is 16.4. The molecule has 0 bridgehead atoms. The zero-order valence-corrected chi connectivity index (χ0v) is 51.5. The molecule has 0 aromatic heterocycles. The van der Waals surface area contributed by atoms with Gasteiger partial charge in [-0.1, -0.05) is 91.6 Å². The second-order valence-corrected chi connectivity index (χ2v) is 23.1. The van der Waals surface area contributed by atoms with E-state index >= 15 is 0 Å². The predicted octanol–water partition coefficient (Wildman–Crippen LogP) is -2.29. The first kappa shape index (κ1) is 75.0. The quantitative estimate of drug-likeness (QED) is 0.0357. The number of carboxylic acids is 3. The van der Waals surface area contributed by atoms with E-state index in [1.807, 2.05) is 0 Å². The minimum atomic E-state index is -1.90. The van der Waals surface area contributed by atoms with Gasteiger partial charge in [-0.2, -0.15) is 0 Å². The first-order valence-electron chi connectivity index (χ1n) is 30.6. The van der Waals surface area contributed by atoms with Gasteiger partial charge in [0, 0.05) is 19.6 Å². The first-order valence-corrected chi connectivity index (χ1v) is 30.6. The zero-order valence-electron chi connectivity index (χ0n) is 51.5. The van der Waals surface area contributed by atoms with Crippen molar-refractivity contribution in [1.82, 2.24) is 63.0 Å². The molecule has 89 heavy (non-hydrogen) atoms. The lowest BCUT2D eigenvalue weighted by Gasteiger charge is -2.37. The van der Waals surface area contributed by atoms with Gasteiger partial charge < -0.3 is 83.4 Å². The van der Waals surface area contributed by atoms with Gasteiger partial charge in [0.2, 0.25) is 70.9 Å². The Kier molecular flexibility index (Phi) is 32.8. The fraction of sp³-hybridized carbons (Fsp3) is 0.707. The molecule has 0 aliphatic carbocycles. The van der Waals surface area contributed by atoms with Crippen LogP contribution in [0.2, 0.25) is 0 Å². The van der Waals surface area contributed by atoms with Crippen LogP contribution in [0.4, 0.5) is 0 Å². The van der Waals surface area contributed by atoms with E-state index in [4.69, 9.17) is 0 Å². The second kappa shape index (κ2) is 38.9. The molecule has 3 aliphatic heterocycles. The SMILES string of the molecule is CC[C@H](C)[C@@H]1NC(=O)[C@@H]([C@H](C)O)NC(=O)CNC(=O)[C@H](CC(=O)O)NC(=O)CNC(=O)[C@H](CC(=O)O)NC(=O)CNC(=O)[C@@H]2CCCCN2C(=O)[C@@H](NC(=O)[C@H](CC(=O)O)NC(=O)/C=C/CCCCCCCCCCC(C)C)CNC(=O)[C@@H]2CCCN2C1=O. The van der Waals surface area contributed by atoms with Gasteiger partial charge >= 0.3 is 17.9 Å². The van der Waals surface area contributed by atoms with Crippen LogP contribution in [-0.2, 0) is 71.9 Å². The summed E-state index contributed by atoms with van der Waals surface area (Å²) in [6.45, 7) is 5.09. The number of unbranched alkanes of at least 4 members (excludes halogenated alkanes) is 8. The molecule has 3 fully saturated rings. The van der Waals surface area contributed by atoms with E-state index in [1.165, 1.54) is 36.7 Å². The number of allylic oxidation sites excluding steroid dienone is 1. The molecule has 3 aliphatic rings. The number of nitrogens with zero attached hydrogens (tertiary/aromatic N) is 2. The highest BCUT2D eigenvalue weighted by Gasteiger charge is 2.43. The average Bonchev–Trinajstić information content (AvgIpc) is 2.09. The normalized spacial score (nSPS) is 23.9.